The molecule has 0 amide bonds. The molecule has 1 N–H and O–H groups in total. The number of carboxylic acid groups (broad SMARTS) is 1. The molecule has 0 atom stereocenters. The van der Waals surface area contributed by atoms with Crippen molar-refractivity contribution in [3.05, 3.63) is 57.7 Å². The summed E-state index contributed by atoms with van der Waals surface area (Å²) >= 11 is 1.56. The standard InChI is InChI=1S/C19H19NO3S/c1-11-4-13(3)20-8-15(11)9-23-16-5-12(2)19-14(6-18(21)22)10-24-17(19)7-16/h4-5,7-8,10H,6,9H2,1-3H3,(H,21,22). The van der Waals surface area contributed by atoms with E-state index in [0.29, 0.717) is 6.61 Å². The lowest BCUT2D eigenvalue weighted by Crippen LogP contribution is -2.01. The second kappa shape index (κ2) is 6.61. The first kappa shape index (κ1) is 16.5. The van der Waals surface area contributed by atoms with Crippen molar-refractivity contribution in [2.45, 2.75) is 33.8 Å². The number of rotatable bonds is 5. The van der Waals surface area contributed by atoms with Crippen LogP contribution >= 0.6 is 11.3 Å². The molecule has 5 heteroatoms. The Kier molecular flexibility index (Phi) is 4.53. The van der Waals surface area contributed by atoms with E-state index in [2.05, 4.69) is 11.9 Å². The van der Waals surface area contributed by atoms with Gasteiger partial charge in [0.05, 0.1) is 6.42 Å². The Hall–Kier alpha value is -2.40. The molecule has 4 nitrogen and oxygen atoms in total. The number of aromatic nitrogens is 1. The zero-order valence-corrected chi connectivity index (χ0v) is 14.7. The summed E-state index contributed by atoms with van der Waals surface area (Å²) in [6.07, 6.45) is 1.90. The van der Waals surface area contributed by atoms with E-state index < -0.39 is 5.97 Å². The molecule has 0 saturated heterocycles. The van der Waals surface area contributed by atoms with Crippen LogP contribution in [0.4, 0.5) is 0 Å². The number of hydrogen-bond donors (Lipinski definition) is 1. The van der Waals surface area contributed by atoms with E-state index in [1.807, 2.05) is 43.6 Å². The van der Waals surface area contributed by atoms with Gasteiger partial charge in [-0.3, -0.25) is 9.78 Å². The van der Waals surface area contributed by atoms with E-state index in [1.165, 1.54) is 5.56 Å². The van der Waals surface area contributed by atoms with Crippen molar-refractivity contribution < 1.29 is 14.6 Å². The Labute approximate surface area is 144 Å². The van der Waals surface area contributed by atoms with Crippen molar-refractivity contribution in [2.75, 3.05) is 0 Å². The maximum atomic E-state index is 11.0. The van der Waals surface area contributed by atoms with Crippen molar-refractivity contribution in [1.82, 2.24) is 4.98 Å². The van der Waals surface area contributed by atoms with Crippen LogP contribution in [0.1, 0.15) is 27.9 Å². The fraction of sp³-hybridized carbons (Fsp3) is 0.263. The van der Waals surface area contributed by atoms with Crippen molar-refractivity contribution in [2.24, 2.45) is 0 Å². The maximum Gasteiger partial charge on any atom is 0.307 e. The van der Waals surface area contributed by atoms with Crippen molar-refractivity contribution in [3.63, 3.8) is 0 Å². The normalized spacial score (nSPS) is 11.0. The van der Waals surface area contributed by atoms with E-state index in [1.54, 1.807) is 11.3 Å². The molecule has 3 rings (SSSR count). The smallest absolute Gasteiger partial charge is 0.307 e. The number of nitrogens with zero attached hydrogens (tertiary/aromatic N) is 1. The Bertz CT molecular complexity index is 914. The van der Waals surface area contributed by atoms with Crippen LogP contribution in [0.15, 0.2) is 29.8 Å². The number of aryl methyl sites for hydroxylation is 3. The number of fused-ring (bicyclic) bond motifs is 1. The van der Waals surface area contributed by atoms with Gasteiger partial charge < -0.3 is 9.84 Å². The molecule has 0 aliphatic rings. The van der Waals surface area contributed by atoms with Gasteiger partial charge in [0.2, 0.25) is 0 Å². The maximum absolute atomic E-state index is 11.0. The summed E-state index contributed by atoms with van der Waals surface area (Å²) < 4.78 is 7.00. The second-order valence-electron chi connectivity index (χ2n) is 5.99. The molecule has 2 heterocycles. The Morgan fingerprint density at radius 1 is 1.17 bits per heavy atom. The van der Waals surface area contributed by atoms with Crippen LogP contribution < -0.4 is 4.74 Å². The van der Waals surface area contributed by atoms with Crippen molar-refractivity contribution >= 4 is 27.4 Å². The summed E-state index contributed by atoms with van der Waals surface area (Å²) in [5, 5.41) is 12.0. The van der Waals surface area contributed by atoms with E-state index >= 15 is 0 Å². The molecule has 0 unspecified atom stereocenters. The highest BCUT2D eigenvalue weighted by Gasteiger charge is 2.12. The average molecular weight is 341 g/mol. The minimum atomic E-state index is -0.809. The van der Waals surface area contributed by atoms with Gasteiger partial charge in [-0.1, -0.05) is 0 Å². The largest absolute Gasteiger partial charge is 0.489 e. The van der Waals surface area contributed by atoms with Gasteiger partial charge in [0.15, 0.2) is 0 Å². The molecule has 0 fully saturated rings. The lowest BCUT2D eigenvalue weighted by molar-refractivity contribution is -0.136. The van der Waals surface area contributed by atoms with Gasteiger partial charge in [0.25, 0.3) is 0 Å². The van der Waals surface area contributed by atoms with Gasteiger partial charge in [0, 0.05) is 22.2 Å². The molecule has 0 radical (unpaired) electrons. The van der Waals surface area contributed by atoms with Gasteiger partial charge in [-0.25, -0.2) is 0 Å². The third-order valence-corrected chi connectivity index (χ3v) is 4.99. The van der Waals surface area contributed by atoms with E-state index in [4.69, 9.17) is 9.84 Å². The number of benzene rings is 1. The first-order chi connectivity index (χ1) is 11.4. The molecular formula is C19H19NO3S. The minimum Gasteiger partial charge on any atom is -0.489 e. The third-order valence-electron chi connectivity index (χ3n) is 4.01. The van der Waals surface area contributed by atoms with Gasteiger partial charge in [-0.15, -0.1) is 11.3 Å². The zero-order chi connectivity index (χ0) is 17.3. The highest BCUT2D eigenvalue weighted by Crippen LogP contribution is 2.33. The van der Waals surface area contributed by atoms with Gasteiger partial charge in [-0.05, 0) is 66.4 Å². The fourth-order valence-corrected chi connectivity index (χ4v) is 3.90. The highest BCUT2D eigenvalue weighted by atomic mass is 32.1. The number of aliphatic carboxylic acids is 1. The van der Waals surface area contributed by atoms with Gasteiger partial charge in [-0.2, -0.15) is 0 Å². The lowest BCUT2D eigenvalue weighted by Gasteiger charge is -2.10. The number of carboxylic acids is 1. The topological polar surface area (TPSA) is 59.4 Å². The SMILES string of the molecule is Cc1cc(C)c(COc2cc(C)c3c(CC(=O)O)csc3c2)cn1. The summed E-state index contributed by atoms with van der Waals surface area (Å²) in [4.78, 5) is 15.3. The number of hydrogen-bond acceptors (Lipinski definition) is 4. The molecule has 0 aliphatic carbocycles. The molecule has 0 aliphatic heterocycles. The van der Waals surface area contributed by atoms with Crippen LogP contribution in [0, 0.1) is 20.8 Å². The number of thiophene rings is 1. The Morgan fingerprint density at radius 2 is 1.96 bits per heavy atom. The average Bonchev–Trinajstić information content (AvgIpc) is 2.89. The van der Waals surface area contributed by atoms with Crippen LogP contribution in [0.2, 0.25) is 0 Å². The number of carbonyl (C=O) groups is 1. The molecule has 0 bridgehead atoms. The van der Waals surface area contributed by atoms with Gasteiger partial charge in [0.1, 0.15) is 12.4 Å². The third kappa shape index (κ3) is 3.41. The van der Waals surface area contributed by atoms with Crippen LogP contribution in [-0.4, -0.2) is 16.1 Å². The Morgan fingerprint density at radius 3 is 2.67 bits per heavy atom. The minimum absolute atomic E-state index is 0.0509. The van der Waals surface area contributed by atoms with Gasteiger partial charge >= 0.3 is 5.97 Å². The Balaban J connectivity index is 1.84. The predicted octanol–water partition coefficient (Wildman–Crippen LogP) is 4.43. The molecular weight excluding hydrogens is 322 g/mol. The summed E-state index contributed by atoms with van der Waals surface area (Å²) in [7, 11) is 0. The molecule has 1 aromatic carbocycles. The van der Waals surface area contributed by atoms with E-state index in [9.17, 15) is 4.79 Å². The molecule has 124 valence electrons. The summed E-state index contributed by atoms with van der Waals surface area (Å²) in [6, 6.07) is 6.00. The van der Waals surface area contributed by atoms with E-state index in [0.717, 1.165) is 38.2 Å². The van der Waals surface area contributed by atoms with Crippen LogP contribution in [0.5, 0.6) is 5.75 Å². The van der Waals surface area contributed by atoms with Crippen molar-refractivity contribution in [3.8, 4) is 5.75 Å². The first-order valence-electron chi connectivity index (χ1n) is 7.71. The molecule has 0 spiro atoms. The quantitative estimate of drug-likeness (QED) is 0.746. The highest BCUT2D eigenvalue weighted by molar-refractivity contribution is 7.17. The molecule has 2 aromatic heterocycles. The second-order valence-corrected chi connectivity index (χ2v) is 6.90. The lowest BCUT2D eigenvalue weighted by atomic mass is 10.1. The molecule has 0 saturated carbocycles. The summed E-state index contributed by atoms with van der Waals surface area (Å²) in [6.45, 7) is 6.49. The first-order valence-corrected chi connectivity index (χ1v) is 8.59. The van der Waals surface area contributed by atoms with Crippen LogP contribution in [0.3, 0.4) is 0 Å². The monoisotopic (exact) mass is 341 g/mol. The number of pyridine rings is 1. The summed E-state index contributed by atoms with van der Waals surface area (Å²) in [5.41, 5.74) is 5.14. The fourth-order valence-electron chi connectivity index (χ4n) is 2.83. The summed E-state index contributed by atoms with van der Waals surface area (Å²) in [5.74, 6) is -0.0135. The zero-order valence-electron chi connectivity index (χ0n) is 13.9. The van der Waals surface area contributed by atoms with Crippen LogP contribution in [-0.2, 0) is 17.8 Å². The van der Waals surface area contributed by atoms with E-state index in [-0.39, 0.29) is 6.42 Å². The predicted molar refractivity (Wildman–Crippen MR) is 95.9 cm³/mol. The molecule has 3 aromatic rings. The molecule has 24 heavy (non-hydrogen) atoms. The van der Waals surface area contributed by atoms with Crippen LogP contribution in [0.25, 0.3) is 10.1 Å². The number of ether oxygens (including phenoxy) is 1. The van der Waals surface area contributed by atoms with Crippen molar-refractivity contribution in [1.29, 1.82) is 0 Å².